The smallest absolute Gasteiger partial charge is 0.292 e. The number of nitrogens with one attached hydrogen (secondary N) is 1. The average Bonchev–Trinajstić information content (AvgIpc) is 3.14. The Hall–Kier alpha value is -4.06. The molecule has 0 radical (unpaired) electrons. The van der Waals surface area contributed by atoms with Crippen molar-refractivity contribution in [2.45, 2.75) is 0 Å². The van der Waals surface area contributed by atoms with Crippen LogP contribution < -0.4 is 5.32 Å². The fraction of sp³-hybridized carbons (Fsp3) is 0. The van der Waals surface area contributed by atoms with E-state index in [2.05, 4.69) is 15.3 Å². The Labute approximate surface area is 165 Å². The summed E-state index contributed by atoms with van der Waals surface area (Å²) in [6.45, 7) is 0. The van der Waals surface area contributed by atoms with E-state index >= 15 is 0 Å². The van der Waals surface area contributed by atoms with Gasteiger partial charge >= 0.3 is 0 Å². The topological polar surface area (TPSA) is 59.3 Å². The van der Waals surface area contributed by atoms with Crippen LogP contribution in [0.4, 0.5) is 10.1 Å². The number of carbonyl (C=O) groups is 1. The lowest BCUT2D eigenvalue weighted by Crippen LogP contribution is -2.15. The van der Waals surface area contributed by atoms with Crippen LogP contribution in [-0.2, 0) is 0 Å². The predicted molar refractivity (Wildman–Crippen MR) is 110 cm³/mol. The monoisotopic (exact) mass is 382 g/mol. The second-order valence-corrected chi connectivity index (χ2v) is 6.60. The van der Waals surface area contributed by atoms with Crippen molar-refractivity contribution in [1.29, 1.82) is 0 Å². The highest BCUT2D eigenvalue weighted by atomic mass is 19.1. The van der Waals surface area contributed by atoms with Crippen molar-refractivity contribution in [2.24, 2.45) is 0 Å². The molecule has 0 unspecified atom stereocenters. The number of aromatic nitrogens is 3. The van der Waals surface area contributed by atoms with E-state index in [0.29, 0.717) is 11.4 Å². The van der Waals surface area contributed by atoms with Crippen LogP contribution in [-0.4, -0.2) is 20.3 Å². The van der Waals surface area contributed by atoms with Crippen LogP contribution in [0.5, 0.6) is 0 Å². The number of hydrogen-bond donors (Lipinski definition) is 1. The van der Waals surface area contributed by atoms with Gasteiger partial charge < -0.3 is 5.32 Å². The number of amides is 1. The number of halogens is 1. The maximum Gasteiger partial charge on any atom is 0.292 e. The molecule has 0 aliphatic heterocycles. The van der Waals surface area contributed by atoms with Gasteiger partial charge in [-0.3, -0.25) is 14.2 Å². The molecule has 140 valence electrons. The predicted octanol–water partition coefficient (Wildman–Crippen LogP) is 4.94. The number of imidazole rings is 1. The first-order valence-electron chi connectivity index (χ1n) is 9.08. The summed E-state index contributed by atoms with van der Waals surface area (Å²) in [7, 11) is 0. The number of benzene rings is 2. The zero-order valence-electron chi connectivity index (χ0n) is 15.2. The molecule has 6 heteroatoms. The lowest BCUT2D eigenvalue weighted by molar-refractivity contribution is 0.101. The molecule has 1 amide bonds. The first kappa shape index (κ1) is 17.1. The SMILES string of the molecule is O=C(Nc1cccc2cnccc12)c1nc(-c2ccc(F)cc2)c2ccccn12. The van der Waals surface area contributed by atoms with Crippen LogP contribution in [0.1, 0.15) is 10.6 Å². The molecule has 0 fully saturated rings. The van der Waals surface area contributed by atoms with Crippen LogP contribution in [0.2, 0.25) is 0 Å². The van der Waals surface area contributed by atoms with E-state index in [1.54, 1.807) is 35.1 Å². The van der Waals surface area contributed by atoms with Gasteiger partial charge in [-0.05, 0) is 48.5 Å². The van der Waals surface area contributed by atoms with Crippen LogP contribution in [0.15, 0.2) is 85.3 Å². The Morgan fingerprint density at radius 2 is 1.83 bits per heavy atom. The van der Waals surface area contributed by atoms with Gasteiger partial charge in [-0.25, -0.2) is 9.37 Å². The summed E-state index contributed by atoms with van der Waals surface area (Å²) in [5.74, 6) is -0.393. The molecule has 3 heterocycles. The number of nitrogens with zero attached hydrogens (tertiary/aromatic N) is 3. The fourth-order valence-corrected chi connectivity index (χ4v) is 3.43. The van der Waals surface area contributed by atoms with Crippen molar-refractivity contribution < 1.29 is 9.18 Å². The Morgan fingerprint density at radius 1 is 0.966 bits per heavy atom. The molecule has 29 heavy (non-hydrogen) atoms. The number of hydrogen-bond acceptors (Lipinski definition) is 3. The minimum atomic E-state index is -0.330. The largest absolute Gasteiger partial charge is 0.319 e. The quantitative estimate of drug-likeness (QED) is 0.481. The Balaban J connectivity index is 1.59. The Bertz CT molecular complexity index is 1350. The van der Waals surface area contributed by atoms with Gasteiger partial charge in [-0.1, -0.05) is 18.2 Å². The van der Waals surface area contributed by atoms with E-state index in [4.69, 9.17) is 0 Å². The van der Waals surface area contributed by atoms with Crippen molar-refractivity contribution in [3.8, 4) is 11.3 Å². The van der Waals surface area contributed by atoms with E-state index in [9.17, 15) is 9.18 Å². The van der Waals surface area contributed by atoms with Gasteiger partial charge in [-0.2, -0.15) is 0 Å². The van der Waals surface area contributed by atoms with Gasteiger partial charge in [0, 0.05) is 40.6 Å². The van der Waals surface area contributed by atoms with Crippen LogP contribution >= 0.6 is 0 Å². The van der Waals surface area contributed by atoms with Gasteiger partial charge in [0.1, 0.15) is 5.82 Å². The van der Waals surface area contributed by atoms with Crippen LogP contribution in [0.3, 0.4) is 0 Å². The van der Waals surface area contributed by atoms with Crippen LogP contribution in [0, 0.1) is 5.82 Å². The third-order valence-electron chi connectivity index (χ3n) is 4.80. The molecule has 0 aliphatic rings. The standard InChI is InChI=1S/C23H15FN4O/c24-17-9-7-15(8-10-17)21-20-6-1-2-13-28(20)22(27-21)23(29)26-19-5-3-4-16-14-25-12-11-18(16)19/h1-14H,(H,26,29). The van der Waals surface area contributed by atoms with Gasteiger partial charge in [0.25, 0.3) is 5.91 Å². The van der Waals surface area contributed by atoms with Gasteiger partial charge in [-0.15, -0.1) is 0 Å². The lowest BCUT2D eigenvalue weighted by atomic mass is 10.1. The van der Waals surface area contributed by atoms with Crippen molar-refractivity contribution in [2.75, 3.05) is 5.32 Å². The second-order valence-electron chi connectivity index (χ2n) is 6.60. The van der Waals surface area contributed by atoms with E-state index in [1.807, 2.05) is 42.5 Å². The summed E-state index contributed by atoms with van der Waals surface area (Å²) in [6, 6.07) is 19.2. The molecule has 0 aliphatic carbocycles. The third-order valence-corrected chi connectivity index (χ3v) is 4.80. The number of pyridine rings is 2. The third kappa shape index (κ3) is 3.00. The molecule has 0 atom stereocenters. The first-order valence-corrected chi connectivity index (χ1v) is 9.08. The van der Waals surface area contributed by atoms with Crippen LogP contribution in [0.25, 0.3) is 27.5 Å². The Morgan fingerprint density at radius 3 is 2.69 bits per heavy atom. The van der Waals surface area contributed by atoms with Gasteiger partial charge in [0.05, 0.1) is 11.2 Å². The fourth-order valence-electron chi connectivity index (χ4n) is 3.43. The summed E-state index contributed by atoms with van der Waals surface area (Å²) in [6.07, 6.45) is 5.23. The highest BCUT2D eigenvalue weighted by Gasteiger charge is 2.19. The molecule has 2 aromatic carbocycles. The summed E-state index contributed by atoms with van der Waals surface area (Å²) in [5, 5.41) is 4.79. The van der Waals surface area contributed by atoms with Gasteiger partial charge in [0.2, 0.25) is 5.82 Å². The zero-order chi connectivity index (χ0) is 19.8. The molecular formula is C23H15FN4O. The van der Waals surface area contributed by atoms with Crippen molar-refractivity contribution in [3.05, 3.63) is 97.0 Å². The molecule has 0 saturated carbocycles. The average molecular weight is 382 g/mol. The molecule has 5 nitrogen and oxygen atoms in total. The summed E-state index contributed by atoms with van der Waals surface area (Å²) < 4.78 is 15.1. The molecule has 0 spiro atoms. The molecule has 0 bridgehead atoms. The van der Waals surface area contributed by atoms with E-state index in [-0.39, 0.29) is 17.5 Å². The normalized spacial score (nSPS) is 11.1. The molecule has 1 N–H and O–H groups in total. The van der Waals surface area contributed by atoms with E-state index in [0.717, 1.165) is 21.9 Å². The first-order chi connectivity index (χ1) is 14.2. The van der Waals surface area contributed by atoms with Crippen molar-refractivity contribution in [1.82, 2.24) is 14.4 Å². The summed E-state index contributed by atoms with van der Waals surface area (Å²) in [4.78, 5) is 21.8. The number of anilines is 1. The number of fused-ring (bicyclic) bond motifs is 2. The number of rotatable bonds is 3. The maximum atomic E-state index is 13.3. The Kier molecular flexibility index (Phi) is 4.02. The maximum absolute atomic E-state index is 13.3. The zero-order valence-corrected chi connectivity index (χ0v) is 15.2. The molecule has 5 aromatic rings. The van der Waals surface area contributed by atoms with E-state index < -0.39 is 0 Å². The summed E-state index contributed by atoms with van der Waals surface area (Å²) >= 11 is 0. The molecule has 3 aromatic heterocycles. The minimum absolute atomic E-state index is 0.256. The highest BCUT2D eigenvalue weighted by molar-refractivity contribution is 6.08. The van der Waals surface area contributed by atoms with E-state index in [1.165, 1.54) is 12.1 Å². The highest BCUT2D eigenvalue weighted by Crippen LogP contribution is 2.27. The molecular weight excluding hydrogens is 367 g/mol. The molecule has 0 saturated heterocycles. The lowest BCUT2D eigenvalue weighted by Gasteiger charge is -2.08. The second kappa shape index (κ2) is 6.83. The summed E-state index contributed by atoms with van der Waals surface area (Å²) in [5.41, 5.74) is 2.82. The molecule has 5 rings (SSSR count). The number of carbonyl (C=O) groups excluding carboxylic acids is 1. The van der Waals surface area contributed by atoms with Crippen molar-refractivity contribution >= 4 is 27.9 Å². The minimum Gasteiger partial charge on any atom is -0.319 e. The van der Waals surface area contributed by atoms with Crippen molar-refractivity contribution in [3.63, 3.8) is 0 Å². The van der Waals surface area contributed by atoms with Gasteiger partial charge in [0.15, 0.2) is 0 Å².